The van der Waals surface area contributed by atoms with Crippen molar-refractivity contribution in [3.63, 3.8) is 0 Å². The van der Waals surface area contributed by atoms with Gasteiger partial charge in [-0.15, -0.1) is 0 Å². The second-order valence-electron chi connectivity index (χ2n) is 7.38. The van der Waals surface area contributed by atoms with Crippen LogP contribution in [0.4, 0.5) is 4.39 Å². The molecule has 24 heavy (non-hydrogen) atoms. The van der Waals surface area contributed by atoms with Crippen LogP contribution in [0, 0.1) is 5.82 Å². The highest BCUT2D eigenvalue weighted by molar-refractivity contribution is 5.76. The summed E-state index contributed by atoms with van der Waals surface area (Å²) in [7, 11) is 0. The van der Waals surface area contributed by atoms with E-state index < -0.39 is 0 Å². The van der Waals surface area contributed by atoms with Crippen LogP contribution in [0.15, 0.2) is 24.3 Å². The van der Waals surface area contributed by atoms with Gasteiger partial charge in [0.25, 0.3) is 0 Å². The minimum Gasteiger partial charge on any atom is -0.373 e. The van der Waals surface area contributed by atoms with Crippen molar-refractivity contribution in [3.8, 4) is 0 Å². The summed E-state index contributed by atoms with van der Waals surface area (Å²) in [6, 6.07) is 6.31. The normalized spacial score (nSPS) is 22.4. The topological polar surface area (TPSA) is 41.6 Å². The zero-order chi connectivity index (χ0) is 17.7. The van der Waals surface area contributed by atoms with E-state index in [4.69, 9.17) is 4.74 Å². The Hall–Kier alpha value is -1.46. The van der Waals surface area contributed by atoms with E-state index in [9.17, 15) is 9.18 Å². The molecule has 4 nitrogen and oxygen atoms in total. The monoisotopic (exact) mass is 336 g/mol. The van der Waals surface area contributed by atoms with E-state index in [0.29, 0.717) is 19.4 Å². The minimum atomic E-state index is -0.251. The van der Waals surface area contributed by atoms with E-state index in [-0.39, 0.29) is 29.5 Å². The van der Waals surface area contributed by atoms with Crippen molar-refractivity contribution in [2.75, 3.05) is 19.6 Å². The first kappa shape index (κ1) is 18.9. The lowest BCUT2D eigenvalue weighted by Gasteiger charge is -2.45. The number of amides is 1. The molecule has 1 heterocycles. The van der Waals surface area contributed by atoms with Gasteiger partial charge < -0.3 is 10.1 Å². The highest BCUT2D eigenvalue weighted by atomic mass is 19.1. The van der Waals surface area contributed by atoms with Gasteiger partial charge in [0.1, 0.15) is 5.82 Å². The third kappa shape index (κ3) is 5.56. The fourth-order valence-corrected chi connectivity index (χ4v) is 3.10. The van der Waals surface area contributed by atoms with Gasteiger partial charge in [0, 0.05) is 31.6 Å². The first-order chi connectivity index (χ1) is 11.3. The maximum absolute atomic E-state index is 12.9. The third-order valence-corrected chi connectivity index (χ3v) is 4.55. The van der Waals surface area contributed by atoms with Crippen LogP contribution < -0.4 is 5.32 Å². The minimum absolute atomic E-state index is 0.0294. The van der Waals surface area contributed by atoms with Gasteiger partial charge in [0.05, 0.1) is 12.2 Å². The van der Waals surface area contributed by atoms with Gasteiger partial charge in [-0.1, -0.05) is 12.1 Å². The van der Waals surface area contributed by atoms with Crippen LogP contribution >= 0.6 is 0 Å². The van der Waals surface area contributed by atoms with Gasteiger partial charge in [-0.25, -0.2) is 4.39 Å². The van der Waals surface area contributed by atoms with Gasteiger partial charge in [0.15, 0.2) is 0 Å². The van der Waals surface area contributed by atoms with Crippen molar-refractivity contribution in [2.24, 2.45) is 0 Å². The van der Waals surface area contributed by atoms with Gasteiger partial charge in [-0.3, -0.25) is 9.69 Å². The summed E-state index contributed by atoms with van der Waals surface area (Å²) in [5, 5.41) is 3.04. The van der Waals surface area contributed by atoms with Crippen molar-refractivity contribution < 1.29 is 13.9 Å². The van der Waals surface area contributed by atoms with Crippen LogP contribution in [-0.2, 0) is 16.0 Å². The fourth-order valence-electron chi connectivity index (χ4n) is 3.10. The van der Waals surface area contributed by atoms with E-state index in [1.807, 2.05) is 0 Å². The molecule has 0 radical (unpaired) electrons. The van der Waals surface area contributed by atoms with Crippen molar-refractivity contribution in [1.29, 1.82) is 0 Å². The number of nitrogens with zero attached hydrogens (tertiary/aromatic N) is 1. The van der Waals surface area contributed by atoms with E-state index >= 15 is 0 Å². The molecule has 0 aliphatic carbocycles. The number of benzene rings is 1. The molecule has 0 saturated carbocycles. The molecule has 0 spiro atoms. The van der Waals surface area contributed by atoms with Gasteiger partial charge in [0.2, 0.25) is 5.91 Å². The molecule has 1 aliphatic heterocycles. The molecule has 1 aromatic rings. The number of rotatable bonds is 6. The molecule has 0 unspecified atom stereocenters. The number of morpholine rings is 1. The molecule has 134 valence electrons. The van der Waals surface area contributed by atoms with Crippen molar-refractivity contribution >= 4 is 5.91 Å². The average Bonchev–Trinajstić information content (AvgIpc) is 2.51. The second-order valence-corrected chi connectivity index (χ2v) is 7.38. The molecule has 1 saturated heterocycles. The summed E-state index contributed by atoms with van der Waals surface area (Å²) in [5.74, 6) is -0.222. The van der Waals surface area contributed by atoms with Gasteiger partial charge in [-0.2, -0.15) is 0 Å². The predicted molar refractivity (Wildman–Crippen MR) is 93.4 cm³/mol. The SMILES string of the molecule is C[C@@H]1CN(C(C)(C)CNC(=O)CCc2ccc(F)cc2)C[C@@H](C)O1. The van der Waals surface area contributed by atoms with Crippen LogP contribution in [0.3, 0.4) is 0 Å². The average molecular weight is 336 g/mol. The number of carbonyl (C=O) groups is 1. The second kappa shape index (κ2) is 8.08. The van der Waals surface area contributed by atoms with E-state index in [0.717, 1.165) is 18.7 Å². The maximum atomic E-state index is 12.9. The fraction of sp³-hybridized carbons (Fsp3) is 0.632. The number of ether oxygens (including phenoxy) is 1. The molecule has 1 N–H and O–H groups in total. The molecule has 1 fully saturated rings. The van der Waals surface area contributed by atoms with Crippen LogP contribution in [0.25, 0.3) is 0 Å². The van der Waals surface area contributed by atoms with Crippen LogP contribution in [0.2, 0.25) is 0 Å². The Morgan fingerprint density at radius 3 is 2.42 bits per heavy atom. The smallest absolute Gasteiger partial charge is 0.220 e. The first-order valence-electron chi connectivity index (χ1n) is 8.68. The summed E-state index contributed by atoms with van der Waals surface area (Å²) in [6.07, 6.45) is 1.46. The Bertz CT molecular complexity index is 535. The standard InChI is InChI=1S/C19H29FN2O2/c1-14-11-22(12-15(2)24-14)19(3,4)13-21-18(23)10-7-16-5-8-17(20)9-6-16/h5-6,8-9,14-15H,7,10-13H2,1-4H3,(H,21,23)/t14-,15-/m1/s1. The quantitative estimate of drug-likeness (QED) is 0.868. The van der Waals surface area contributed by atoms with Gasteiger partial charge in [-0.05, 0) is 51.8 Å². The maximum Gasteiger partial charge on any atom is 0.220 e. The molecule has 2 atom stereocenters. The number of halogens is 1. The zero-order valence-corrected chi connectivity index (χ0v) is 15.1. The van der Waals surface area contributed by atoms with Crippen molar-refractivity contribution in [1.82, 2.24) is 10.2 Å². The number of aryl methyl sites for hydroxylation is 1. The third-order valence-electron chi connectivity index (χ3n) is 4.55. The highest BCUT2D eigenvalue weighted by Crippen LogP contribution is 2.20. The predicted octanol–water partition coefficient (Wildman–Crippen LogP) is 2.76. The van der Waals surface area contributed by atoms with E-state index in [1.165, 1.54) is 12.1 Å². The molecular weight excluding hydrogens is 307 g/mol. The Balaban J connectivity index is 1.78. The molecule has 0 aromatic heterocycles. The summed E-state index contributed by atoms with van der Waals surface area (Å²) < 4.78 is 18.7. The summed E-state index contributed by atoms with van der Waals surface area (Å²) in [6.45, 7) is 10.8. The van der Waals surface area contributed by atoms with Crippen LogP contribution in [0.1, 0.15) is 39.7 Å². The van der Waals surface area contributed by atoms with Crippen LogP contribution in [-0.4, -0.2) is 48.2 Å². The molecule has 1 aromatic carbocycles. The van der Waals surface area contributed by atoms with E-state index in [1.54, 1.807) is 12.1 Å². The number of hydrogen-bond donors (Lipinski definition) is 1. The Morgan fingerprint density at radius 2 is 1.83 bits per heavy atom. The first-order valence-corrected chi connectivity index (χ1v) is 8.68. The molecule has 5 heteroatoms. The molecule has 2 rings (SSSR count). The zero-order valence-electron chi connectivity index (χ0n) is 15.1. The number of hydrogen-bond acceptors (Lipinski definition) is 3. The summed E-state index contributed by atoms with van der Waals surface area (Å²) in [5.41, 5.74) is 0.860. The van der Waals surface area contributed by atoms with Crippen molar-refractivity contribution in [2.45, 2.75) is 58.3 Å². The highest BCUT2D eigenvalue weighted by Gasteiger charge is 2.33. The summed E-state index contributed by atoms with van der Waals surface area (Å²) >= 11 is 0. The molecule has 1 amide bonds. The Kier molecular flexibility index (Phi) is 6.35. The number of carbonyl (C=O) groups excluding carboxylic acids is 1. The Morgan fingerprint density at radius 1 is 1.25 bits per heavy atom. The lowest BCUT2D eigenvalue weighted by molar-refractivity contribution is -0.122. The lowest BCUT2D eigenvalue weighted by atomic mass is 10.00. The molecule has 1 aliphatic rings. The summed E-state index contributed by atoms with van der Waals surface area (Å²) in [4.78, 5) is 14.5. The molecular formula is C19H29FN2O2. The van der Waals surface area contributed by atoms with Gasteiger partial charge >= 0.3 is 0 Å². The van der Waals surface area contributed by atoms with Crippen LogP contribution in [0.5, 0.6) is 0 Å². The number of nitrogens with one attached hydrogen (secondary N) is 1. The van der Waals surface area contributed by atoms with Crippen molar-refractivity contribution in [3.05, 3.63) is 35.6 Å². The largest absolute Gasteiger partial charge is 0.373 e. The molecule has 0 bridgehead atoms. The van der Waals surface area contributed by atoms with E-state index in [2.05, 4.69) is 37.9 Å². The Labute approximate surface area is 144 Å². The lowest BCUT2D eigenvalue weighted by Crippen LogP contribution is -2.58.